The van der Waals surface area contributed by atoms with E-state index in [9.17, 15) is 0 Å². The summed E-state index contributed by atoms with van der Waals surface area (Å²) in [6.45, 7) is 7.54. The number of rotatable bonds is 2. The number of aryl methyl sites for hydroxylation is 1. The maximum Gasteiger partial charge on any atom is 0.231 e. The lowest BCUT2D eigenvalue weighted by Gasteiger charge is -2.60. The molecule has 8 nitrogen and oxygen atoms in total. The average Bonchev–Trinajstić information content (AvgIpc) is 2.96. The Kier molecular flexibility index (Phi) is 3.85. The van der Waals surface area contributed by atoms with E-state index in [1.165, 1.54) is 5.56 Å². The standard InChI is InChI=1S/C21H23ClN8/c1-14-5-6-23-19(24-14)28-10-21(11-28)12-29(13-21)20-26-25-18-9-27(2)8-15-7-16(22)3-4-17(15)30(18)20/h3-7H,8-13H2,1-2H3. The predicted octanol–water partition coefficient (Wildman–Crippen LogP) is 2.29. The van der Waals surface area contributed by atoms with Crippen LogP contribution >= 0.6 is 11.6 Å². The summed E-state index contributed by atoms with van der Waals surface area (Å²) in [6, 6.07) is 8.02. The van der Waals surface area contributed by atoms with Gasteiger partial charge in [0.25, 0.3) is 0 Å². The Balaban J connectivity index is 1.24. The Morgan fingerprint density at radius 2 is 1.80 bits per heavy atom. The number of anilines is 2. The lowest BCUT2D eigenvalue weighted by atomic mass is 9.73. The van der Waals surface area contributed by atoms with Crippen molar-refractivity contribution in [3.8, 4) is 5.69 Å². The fourth-order valence-electron chi connectivity index (χ4n) is 4.95. The summed E-state index contributed by atoms with van der Waals surface area (Å²) in [7, 11) is 2.10. The molecule has 0 radical (unpaired) electrons. The van der Waals surface area contributed by atoms with Crippen molar-refractivity contribution >= 4 is 23.5 Å². The molecule has 0 aliphatic carbocycles. The predicted molar refractivity (Wildman–Crippen MR) is 115 cm³/mol. The number of nitrogens with zero attached hydrogens (tertiary/aromatic N) is 8. The second-order valence-corrected chi connectivity index (χ2v) is 9.34. The molecular formula is C21H23ClN8. The molecule has 3 aliphatic rings. The highest BCUT2D eigenvalue weighted by atomic mass is 35.5. The molecular weight excluding hydrogens is 400 g/mol. The molecule has 1 spiro atoms. The van der Waals surface area contributed by atoms with Crippen molar-refractivity contribution in [2.24, 2.45) is 5.41 Å². The van der Waals surface area contributed by atoms with Gasteiger partial charge in [0.15, 0.2) is 5.82 Å². The van der Waals surface area contributed by atoms with E-state index in [1.54, 1.807) is 0 Å². The molecule has 2 aromatic heterocycles. The molecule has 0 bridgehead atoms. The number of aromatic nitrogens is 5. The van der Waals surface area contributed by atoms with Gasteiger partial charge in [0.2, 0.25) is 11.9 Å². The monoisotopic (exact) mass is 422 g/mol. The Morgan fingerprint density at radius 3 is 2.60 bits per heavy atom. The van der Waals surface area contributed by atoms with Crippen molar-refractivity contribution in [3.63, 3.8) is 0 Å². The minimum absolute atomic E-state index is 0.295. The Bertz CT molecular complexity index is 1130. The average molecular weight is 423 g/mol. The quantitative estimate of drug-likeness (QED) is 0.627. The first kappa shape index (κ1) is 18.1. The highest BCUT2D eigenvalue weighted by Crippen LogP contribution is 2.43. The molecule has 2 fully saturated rings. The Morgan fingerprint density at radius 1 is 1.00 bits per heavy atom. The van der Waals surface area contributed by atoms with Crippen molar-refractivity contribution in [1.82, 2.24) is 29.6 Å². The fraction of sp³-hybridized carbons (Fsp3) is 0.429. The number of fused-ring (bicyclic) bond motifs is 3. The van der Waals surface area contributed by atoms with Gasteiger partial charge in [-0.2, -0.15) is 0 Å². The van der Waals surface area contributed by atoms with Gasteiger partial charge in [0.05, 0.1) is 12.2 Å². The van der Waals surface area contributed by atoms with Crippen molar-refractivity contribution in [2.75, 3.05) is 43.0 Å². The molecule has 154 valence electrons. The lowest BCUT2D eigenvalue weighted by Crippen LogP contribution is -2.73. The molecule has 0 saturated carbocycles. The summed E-state index contributed by atoms with van der Waals surface area (Å²) >= 11 is 6.27. The van der Waals surface area contributed by atoms with E-state index in [1.807, 2.05) is 25.3 Å². The number of hydrogen-bond acceptors (Lipinski definition) is 7. The van der Waals surface area contributed by atoms with Crippen LogP contribution in [0.15, 0.2) is 30.5 Å². The maximum atomic E-state index is 6.27. The third kappa shape index (κ3) is 2.78. The third-order valence-electron chi connectivity index (χ3n) is 6.30. The van der Waals surface area contributed by atoms with Crippen LogP contribution < -0.4 is 9.80 Å². The van der Waals surface area contributed by atoms with Gasteiger partial charge >= 0.3 is 0 Å². The van der Waals surface area contributed by atoms with Crippen molar-refractivity contribution in [1.29, 1.82) is 0 Å². The van der Waals surface area contributed by atoms with Gasteiger partial charge in [-0.15, -0.1) is 10.2 Å². The van der Waals surface area contributed by atoms with Gasteiger partial charge in [0.1, 0.15) is 0 Å². The van der Waals surface area contributed by atoms with Gasteiger partial charge in [-0.1, -0.05) is 11.6 Å². The molecule has 30 heavy (non-hydrogen) atoms. The second kappa shape index (κ2) is 6.39. The molecule has 3 aliphatic heterocycles. The number of halogens is 1. The SMILES string of the molecule is Cc1ccnc(N2CC3(C2)CN(c2nnc4n2-c2ccc(Cl)cc2CN(C)C4)C3)n1. The summed E-state index contributed by atoms with van der Waals surface area (Å²) in [6.07, 6.45) is 1.84. The molecule has 0 N–H and O–H groups in total. The zero-order valence-electron chi connectivity index (χ0n) is 17.1. The molecule has 6 rings (SSSR count). The highest BCUT2D eigenvalue weighted by Gasteiger charge is 2.53. The Hall–Kier alpha value is -2.71. The zero-order chi connectivity index (χ0) is 20.5. The topological polar surface area (TPSA) is 66.2 Å². The fourth-order valence-corrected chi connectivity index (χ4v) is 5.14. The molecule has 3 aromatic rings. The van der Waals surface area contributed by atoms with Crippen LogP contribution in [0.5, 0.6) is 0 Å². The normalized spacial score (nSPS) is 19.7. The van der Waals surface area contributed by atoms with Crippen LogP contribution in [0.3, 0.4) is 0 Å². The number of benzene rings is 1. The van der Waals surface area contributed by atoms with Crippen LogP contribution in [0.1, 0.15) is 17.1 Å². The smallest absolute Gasteiger partial charge is 0.231 e. The second-order valence-electron chi connectivity index (χ2n) is 8.91. The van der Waals surface area contributed by atoms with E-state index in [0.29, 0.717) is 5.41 Å². The first-order chi connectivity index (χ1) is 14.5. The van der Waals surface area contributed by atoms with Crippen LogP contribution in [0.2, 0.25) is 5.02 Å². The summed E-state index contributed by atoms with van der Waals surface area (Å²) in [5.41, 5.74) is 3.63. The van der Waals surface area contributed by atoms with Crippen molar-refractivity contribution < 1.29 is 0 Å². The largest absolute Gasteiger partial charge is 0.339 e. The number of hydrogen-bond donors (Lipinski definition) is 0. The first-order valence-corrected chi connectivity index (χ1v) is 10.6. The van der Waals surface area contributed by atoms with Crippen LogP contribution in [-0.2, 0) is 13.1 Å². The Labute approximate surface area is 180 Å². The van der Waals surface area contributed by atoms with E-state index >= 15 is 0 Å². The van der Waals surface area contributed by atoms with Gasteiger partial charge in [-0.05, 0) is 43.8 Å². The summed E-state index contributed by atoms with van der Waals surface area (Å²) < 4.78 is 2.21. The van der Waals surface area contributed by atoms with Gasteiger partial charge < -0.3 is 9.80 Å². The van der Waals surface area contributed by atoms with Crippen LogP contribution in [-0.4, -0.2) is 62.9 Å². The maximum absolute atomic E-state index is 6.27. The van der Waals surface area contributed by atoms with E-state index in [0.717, 1.165) is 73.4 Å². The molecule has 9 heteroatoms. The molecule has 2 saturated heterocycles. The van der Waals surface area contributed by atoms with Gasteiger partial charge in [-0.25, -0.2) is 9.97 Å². The van der Waals surface area contributed by atoms with Crippen LogP contribution in [0.25, 0.3) is 5.69 Å². The van der Waals surface area contributed by atoms with E-state index in [-0.39, 0.29) is 0 Å². The van der Waals surface area contributed by atoms with Crippen molar-refractivity contribution in [2.45, 2.75) is 20.0 Å². The van der Waals surface area contributed by atoms with Crippen molar-refractivity contribution in [3.05, 3.63) is 52.6 Å². The minimum Gasteiger partial charge on any atom is -0.339 e. The first-order valence-electron chi connectivity index (χ1n) is 10.2. The zero-order valence-corrected chi connectivity index (χ0v) is 17.8. The molecule has 0 unspecified atom stereocenters. The van der Waals surface area contributed by atoms with Crippen LogP contribution in [0, 0.1) is 12.3 Å². The molecule has 0 amide bonds. The van der Waals surface area contributed by atoms with E-state index in [4.69, 9.17) is 11.6 Å². The van der Waals surface area contributed by atoms with Crippen LogP contribution in [0.4, 0.5) is 11.9 Å². The molecule has 1 aromatic carbocycles. The van der Waals surface area contributed by atoms with E-state index in [2.05, 4.69) is 58.6 Å². The lowest BCUT2D eigenvalue weighted by molar-refractivity contribution is 0.152. The minimum atomic E-state index is 0.295. The highest BCUT2D eigenvalue weighted by molar-refractivity contribution is 6.30. The summed E-state index contributed by atoms with van der Waals surface area (Å²) in [4.78, 5) is 15.8. The van der Waals surface area contributed by atoms with Gasteiger partial charge in [-0.3, -0.25) is 9.47 Å². The molecule has 0 atom stereocenters. The van der Waals surface area contributed by atoms with E-state index < -0.39 is 0 Å². The molecule has 5 heterocycles. The van der Waals surface area contributed by atoms with Gasteiger partial charge in [0, 0.05) is 55.1 Å². The third-order valence-corrected chi connectivity index (χ3v) is 6.53. The summed E-state index contributed by atoms with van der Waals surface area (Å²) in [5, 5.41) is 9.85. The summed E-state index contributed by atoms with van der Waals surface area (Å²) in [5.74, 6) is 2.74.